The molecule has 0 spiro atoms. The SMILES string of the molecule is CCC(CC)Oc1cncc(N)c1. The molecule has 0 aliphatic carbocycles. The molecule has 0 radical (unpaired) electrons. The first kappa shape index (κ1) is 9.84. The lowest BCUT2D eigenvalue weighted by Gasteiger charge is -2.15. The quantitative estimate of drug-likeness (QED) is 0.773. The molecule has 0 saturated carbocycles. The van der Waals surface area contributed by atoms with Crippen molar-refractivity contribution in [2.45, 2.75) is 32.8 Å². The second-order valence-corrected chi connectivity index (χ2v) is 3.01. The summed E-state index contributed by atoms with van der Waals surface area (Å²) in [6.07, 6.45) is 5.58. The van der Waals surface area contributed by atoms with Crippen LogP contribution in [0.25, 0.3) is 0 Å². The van der Waals surface area contributed by atoms with Gasteiger partial charge in [-0.1, -0.05) is 13.8 Å². The van der Waals surface area contributed by atoms with Gasteiger partial charge in [-0.25, -0.2) is 0 Å². The zero-order valence-electron chi connectivity index (χ0n) is 8.16. The second-order valence-electron chi connectivity index (χ2n) is 3.01. The summed E-state index contributed by atoms with van der Waals surface area (Å²) >= 11 is 0. The summed E-state index contributed by atoms with van der Waals surface area (Å²) in [7, 11) is 0. The lowest BCUT2D eigenvalue weighted by atomic mass is 10.2. The van der Waals surface area contributed by atoms with Crippen molar-refractivity contribution in [3.8, 4) is 5.75 Å². The second kappa shape index (κ2) is 4.70. The molecular weight excluding hydrogens is 164 g/mol. The zero-order chi connectivity index (χ0) is 9.68. The van der Waals surface area contributed by atoms with Crippen LogP contribution in [0.15, 0.2) is 18.5 Å². The number of pyridine rings is 1. The number of hydrogen-bond acceptors (Lipinski definition) is 3. The van der Waals surface area contributed by atoms with E-state index in [1.165, 1.54) is 0 Å². The predicted molar refractivity (Wildman–Crippen MR) is 53.6 cm³/mol. The van der Waals surface area contributed by atoms with Crippen molar-refractivity contribution < 1.29 is 4.74 Å². The first-order chi connectivity index (χ1) is 6.26. The Morgan fingerprint density at radius 1 is 1.38 bits per heavy atom. The summed E-state index contributed by atoms with van der Waals surface area (Å²) < 4.78 is 5.65. The molecule has 2 N–H and O–H groups in total. The minimum atomic E-state index is 0.267. The molecule has 3 heteroatoms. The van der Waals surface area contributed by atoms with Gasteiger partial charge in [0.15, 0.2) is 0 Å². The third-order valence-electron chi connectivity index (χ3n) is 1.95. The molecule has 1 rings (SSSR count). The van der Waals surface area contributed by atoms with Gasteiger partial charge in [-0.2, -0.15) is 0 Å². The molecule has 0 fully saturated rings. The van der Waals surface area contributed by atoms with Gasteiger partial charge in [0.2, 0.25) is 0 Å². The number of anilines is 1. The van der Waals surface area contributed by atoms with E-state index in [4.69, 9.17) is 10.5 Å². The van der Waals surface area contributed by atoms with E-state index in [-0.39, 0.29) is 6.10 Å². The fourth-order valence-electron chi connectivity index (χ4n) is 1.15. The number of nitrogens with zero attached hydrogens (tertiary/aromatic N) is 1. The summed E-state index contributed by atoms with van der Waals surface area (Å²) in [4.78, 5) is 3.96. The molecule has 0 aliphatic heterocycles. The van der Waals surface area contributed by atoms with Gasteiger partial charge in [-0.05, 0) is 12.8 Å². The van der Waals surface area contributed by atoms with Crippen LogP contribution >= 0.6 is 0 Å². The molecule has 1 aromatic rings. The molecule has 0 aromatic carbocycles. The topological polar surface area (TPSA) is 48.1 Å². The fraction of sp³-hybridized carbons (Fsp3) is 0.500. The van der Waals surface area contributed by atoms with Crippen molar-refractivity contribution in [2.24, 2.45) is 0 Å². The number of nitrogens with two attached hydrogens (primary N) is 1. The van der Waals surface area contributed by atoms with Gasteiger partial charge in [0, 0.05) is 6.07 Å². The summed E-state index contributed by atoms with van der Waals surface area (Å²) in [5.74, 6) is 0.758. The molecule has 0 unspecified atom stereocenters. The summed E-state index contributed by atoms with van der Waals surface area (Å²) in [5, 5.41) is 0. The number of hydrogen-bond donors (Lipinski definition) is 1. The van der Waals surface area contributed by atoms with E-state index in [1.807, 2.05) is 0 Å². The van der Waals surface area contributed by atoms with Gasteiger partial charge >= 0.3 is 0 Å². The van der Waals surface area contributed by atoms with Crippen LogP contribution in [0, 0.1) is 0 Å². The average Bonchev–Trinajstić information content (AvgIpc) is 2.14. The zero-order valence-corrected chi connectivity index (χ0v) is 8.16. The minimum absolute atomic E-state index is 0.267. The van der Waals surface area contributed by atoms with Crippen LogP contribution in [0.2, 0.25) is 0 Å². The molecule has 72 valence electrons. The standard InChI is InChI=1S/C10H16N2O/c1-3-9(4-2)13-10-5-8(11)6-12-7-10/h5-7,9H,3-4,11H2,1-2H3. The van der Waals surface area contributed by atoms with Crippen molar-refractivity contribution in [3.05, 3.63) is 18.5 Å². The Balaban J connectivity index is 2.62. The van der Waals surface area contributed by atoms with Crippen molar-refractivity contribution in [1.29, 1.82) is 0 Å². The Hall–Kier alpha value is -1.25. The molecule has 13 heavy (non-hydrogen) atoms. The normalized spacial score (nSPS) is 10.4. The van der Waals surface area contributed by atoms with Crippen LogP contribution < -0.4 is 10.5 Å². The van der Waals surface area contributed by atoms with E-state index in [9.17, 15) is 0 Å². The van der Waals surface area contributed by atoms with Gasteiger partial charge in [0.25, 0.3) is 0 Å². The van der Waals surface area contributed by atoms with Crippen LogP contribution in [0.4, 0.5) is 5.69 Å². The van der Waals surface area contributed by atoms with E-state index in [1.54, 1.807) is 18.5 Å². The number of aromatic nitrogens is 1. The van der Waals surface area contributed by atoms with Crippen LogP contribution in [-0.4, -0.2) is 11.1 Å². The van der Waals surface area contributed by atoms with E-state index >= 15 is 0 Å². The molecule has 0 aliphatic rings. The number of rotatable bonds is 4. The highest BCUT2D eigenvalue weighted by Crippen LogP contribution is 2.16. The molecule has 0 bridgehead atoms. The van der Waals surface area contributed by atoms with Gasteiger partial charge in [-0.3, -0.25) is 4.98 Å². The molecule has 1 aromatic heterocycles. The summed E-state index contributed by atoms with van der Waals surface area (Å²) in [6.45, 7) is 4.21. The lowest BCUT2D eigenvalue weighted by Crippen LogP contribution is -2.13. The highest BCUT2D eigenvalue weighted by molar-refractivity contribution is 5.39. The minimum Gasteiger partial charge on any atom is -0.489 e. The maximum absolute atomic E-state index is 5.65. The van der Waals surface area contributed by atoms with Gasteiger partial charge < -0.3 is 10.5 Å². The summed E-state index contributed by atoms with van der Waals surface area (Å²) in [5.41, 5.74) is 6.22. The Kier molecular flexibility index (Phi) is 3.55. The number of nitrogen functional groups attached to an aromatic ring is 1. The van der Waals surface area contributed by atoms with Crippen molar-refractivity contribution in [1.82, 2.24) is 4.98 Å². The number of ether oxygens (including phenoxy) is 1. The van der Waals surface area contributed by atoms with E-state index in [0.29, 0.717) is 5.69 Å². The molecule has 0 atom stereocenters. The van der Waals surface area contributed by atoms with Crippen molar-refractivity contribution in [2.75, 3.05) is 5.73 Å². The highest BCUT2D eigenvalue weighted by Gasteiger charge is 2.04. The Bertz CT molecular complexity index is 259. The van der Waals surface area contributed by atoms with Crippen molar-refractivity contribution >= 4 is 5.69 Å². The Morgan fingerprint density at radius 3 is 2.62 bits per heavy atom. The van der Waals surface area contributed by atoms with Crippen LogP contribution in [0.5, 0.6) is 5.75 Å². The monoisotopic (exact) mass is 180 g/mol. The Labute approximate surface area is 78.9 Å². The van der Waals surface area contributed by atoms with Gasteiger partial charge in [0.1, 0.15) is 5.75 Å². The fourth-order valence-corrected chi connectivity index (χ4v) is 1.15. The predicted octanol–water partition coefficient (Wildman–Crippen LogP) is 2.23. The third-order valence-corrected chi connectivity index (χ3v) is 1.95. The Morgan fingerprint density at radius 2 is 2.08 bits per heavy atom. The van der Waals surface area contributed by atoms with Crippen LogP contribution in [-0.2, 0) is 0 Å². The molecule has 0 amide bonds. The molecule has 0 saturated heterocycles. The van der Waals surface area contributed by atoms with E-state index < -0.39 is 0 Å². The molecular formula is C10H16N2O. The highest BCUT2D eigenvalue weighted by atomic mass is 16.5. The first-order valence-electron chi connectivity index (χ1n) is 4.63. The van der Waals surface area contributed by atoms with E-state index in [0.717, 1.165) is 18.6 Å². The first-order valence-corrected chi connectivity index (χ1v) is 4.63. The van der Waals surface area contributed by atoms with E-state index in [2.05, 4.69) is 18.8 Å². The maximum Gasteiger partial charge on any atom is 0.140 e. The average molecular weight is 180 g/mol. The van der Waals surface area contributed by atoms with Gasteiger partial charge in [0.05, 0.1) is 24.2 Å². The van der Waals surface area contributed by atoms with Crippen LogP contribution in [0.1, 0.15) is 26.7 Å². The largest absolute Gasteiger partial charge is 0.489 e. The third kappa shape index (κ3) is 2.93. The van der Waals surface area contributed by atoms with Crippen molar-refractivity contribution in [3.63, 3.8) is 0 Å². The van der Waals surface area contributed by atoms with Gasteiger partial charge in [-0.15, -0.1) is 0 Å². The molecule has 1 heterocycles. The lowest BCUT2D eigenvalue weighted by molar-refractivity contribution is 0.192. The van der Waals surface area contributed by atoms with Crippen LogP contribution in [0.3, 0.4) is 0 Å². The maximum atomic E-state index is 5.65. The molecule has 3 nitrogen and oxygen atoms in total. The summed E-state index contributed by atoms with van der Waals surface area (Å²) in [6, 6.07) is 1.80. The smallest absolute Gasteiger partial charge is 0.140 e.